The SMILES string of the molecule is CC(C)(C)OC(=O)[C@@H](N)Cc1ccc(SCc2ccccc2)cc1. The molecule has 0 spiro atoms. The second-order valence-corrected chi connectivity index (χ2v) is 7.81. The van der Waals surface area contributed by atoms with E-state index in [4.69, 9.17) is 10.5 Å². The molecule has 0 heterocycles. The zero-order valence-corrected chi connectivity index (χ0v) is 15.3. The minimum Gasteiger partial charge on any atom is -0.459 e. The van der Waals surface area contributed by atoms with E-state index in [1.807, 2.05) is 39.0 Å². The van der Waals surface area contributed by atoms with Crippen LogP contribution in [0.3, 0.4) is 0 Å². The van der Waals surface area contributed by atoms with E-state index in [1.54, 1.807) is 11.8 Å². The number of carbonyl (C=O) groups excluding carboxylic acids is 1. The second kappa shape index (κ2) is 8.36. The molecule has 0 unspecified atom stereocenters. The standard InChI is InChI=1S/C20H25NO2S/c1-20(2,3)23-19(22)18(21)13-15-9-11-17(12-10-15)24-14-16-7-5-4-6-8-16/h4-12,18H,13-14,21H2,1-3H3/t18-/m0/s1. The van der Waals surface area contributed by atoms with Gasteiger partial charge >= 0.3 is 5.97 Å². The Labute approximate surface area is 148 Å². The third kappa shape index (κ3) is 6.38. The summed E-state index contributed by atoms with van der Waals surface area (Å²) in [4.78, 5) is 13.1. The van der Waals surface area contributed by atoms with Gasteiger partial charge < -0.3 is 10.5 Å². The highest BCUT2D eigenvalue weighted by Crippen LogP contribution is 2.23. The number of nitrogens with two attached hydrogens (primary N) is 1. The first kappa shape index (κ1) is 18.6. The molecule has 0 saturated heterocycles. The summed E-state index contributed by atoms with van der Waals surface area (Å²) in [5.41, 5.74) is 7.79. The maximum atomic E-state index is 11.9. The largest absolute Gasteiger partial charge is 0.459 e. The van der Waals surface area contributed by atoms with E-state index in [0.29, 0.717) is 6.42 Å². The third-order valence-electron chi connectivity index (χ3n) is 3.34. The molecule has 0 radical (unpaired) electrons. The summed E-state index contributed by atoms with van der Waals surface area (Å²) in [5.74, 6) is 0.586. The summed E-state index contributed by atoms with van der Waals surface area (Å²) in [6.07, 6.45) is 0.485. The highest BCUT2D eigenvalue weighted by Gasteiger charge is 2.22. The molecule has 0 aliphatic heterocycles. The fraction of sp³-hybridized carbons (Fsp3) is 0.350. The maximum absolute atomic E-state index is 11.9. The number of thioether (sulfide) groups is 1. The lowest BCUT2D eigenvalue weighted by Gasteiger charge is -2.22. The molecule has 2 aromatic rings. The van der Waals surface area contributed by atoms with Crippen molar-refractivity contribution in [3.63, 3.8) is 0 Å². The van der Waals surface area contributed by atoms with Crippen LogP contribution in [0, 0.1) is 0 Å². The third-order valence-corrected chi connectivity index (χ3v) is 4.42. The minimum atomic E-state index is -0.632. The van der Waals surface area contributed by atoms with Gasteiger partial charge in [-0.2, -0.15) is 0 Å². The Kier molecular flexibility index (Phi) is 6.46. The number of ether oxygens (including phenoxy) is 1. The number of hydrogen-bond acceptors (Lipinski definition) is 4. The molecule has 0 aromatic heterocycles. The quantitative estimate of drug-likeness (QED) is 0.631. The van der Waals surface area contributed by atoms with Gasteiger partial charge in [-0.05, 0) is 50.5 Å². The van der Waals surface area contributed by atoms with Crippen molar-refractivity contribution in [1.29, 1.82) is 0 Å². The van der Waals surface area contributed by atoms with E-state index >= 15 is 0 Å². The van der Waals surface area contributed by atoms with Crippen LogP contribution in [0.4, 0.5) is 0 Å². The van der Waals surface area contributed by atoms with Gasteiger partial charge in [0.1, 0.15) is 11.6 Å². The van der Waals surface area contributed by atoms with Crippen molar-refractivity contribution in [2.24, 2.45) is 5.73 Å². The Morgan fingerprint density at radius 2 is 1.67 bits per heavy atom. The first-order valence-corrected chi connectivity index (χ1v) is 9.06. The first-order chi connectivity index (χ1) is 11.3. The molecule has 2 N–H and O–H groups in total. The number of esters is 1. The Hall–Kier alpha value is -1.78. The summed E-state index contributed by atoms with van der Waals surface area (Å²) < 4.78 is 5.31. The van der Waals surface area contributed by atoms with Gasteiger partial charge in [-0.1, -0.05) is 42.5 Å². The van der Waals surface area contributed by atoms with Crippen molar-refractivity contribution < 1.29 is 9.53 Å². The van der Waals surface area contributed by atoms with Crippen molar-refractivity contribution in [3.8, 4) is 0 Å². The van der Waals surface area contributed by atoms with Gasteiger partial charge in [0.05, 0.1) is 0 Å². The molecule has 0 fully saturated rings. The van der Waals surface area contributed by atoms with Crippen molar-refractivity contribution in [2.75, 3.05) is 0 Å². The monoisotopic (exact) mass is 343 g/mol. The minimum absolute atomic E-state index is 0.356. The molecular weight excluding hydrogens is 318 g/mol. The zero-order chi connectivity index (χ0) is 17.6. The normalized spacial score (nSPS) is 12.7. The van der Waals surface area contributed by atoms with E-state index in [0.717, 1.165) is 11.3 Å². The predicted molar refractivity (Wildman–Crippen MR) is 100.0 cm³/mol. The molecule has 24 heavy (non-hydrogen) atoms. The molecule has 2 rings (SSSR count). The van der Waals surface area contributed by atoms with Gasteiger partial charge in [0.2, 0.25) is 0 Å². The van der Waals surface area contributed by atoms with E-state index in [1.165, 1.54) is 10.5 Å². The molecule has 3 nitrogen and oxygen atoms in total. The van der Waals surface area contributed by atoms with Crippen molar-refractivity contribution >= 4 is 17.7 Å². The average molecular weight is 343 g/mol. The van der Waals surface area contributed by atoms with Crippen molar-refractivity contribution in [3.05, 3.63) is 65.7 Å². The van der Waals surface area contributed by atoms with Crippen LogP contribution >= 0.6 is 11.8 Å². The van der Waals surface area contributed by atoms with E-state index in [9.17, 15) is 4.79 Å². The molecule has 0 amide bonds. The van der Waals surface area contributed by atoms with Gasteiger partial charge in [-0.3, -0.25) is 4.79 Å². The van der Waals surface area contributed by atoms with Crippen LogP contribution in [-0.4, -0.2) is 17.6 Å². The van der Waals surface area contributed by atoms with Crippen molar-refractivity contribution in [1.82, 2.24) is 0 Å². The zero-order valence-electron chi connectivity index (χ0n) is 14.5. The Morgan fingerprint density at radius 1 is 1.04 bits per heavy atom. The Morgan fingerprint density at radius 3 is 2.25 bits per heavy atom. The smallest absolute Gasteiger partial charge is 0.323 e. The first-order valence-electron chi connectivity index (χ1n) is 8.07. The van der Waals surface area contributed by atoms with Gasteiger partial charge in [0.15, 0.2) is 0 Å². The van der Waals surface area contributed by atoms with Crippen molar-refractivity contribution in [2.45, 2.75) is 49.5 Å². The van der Waals surface area contributed by atoms with E-state index in [2.05, 4.69) is 36.4 Å². The lowest BCUT2D eigenvalue weighted by atomic mass is 10.1. The number of benzene rings is 2. The average Bonchev–Trinajstić information content (AvgIpc) is 2.53. The molecule has 4 heteroatoms. The topological polar surface area (TPSA) is 52.3 Å². The molecule has 128 valence electrons. The molecule has 1 atom stereocenters. The summed E-state index contributed by atoms with van der Waals surface area (Å²) in [6.45, 7) is 5.53. The van der Waals surface area contributed by atoms with Gasteiger partial charge in [-0.15, -0.1) is 11.8 Å². The molecule has 0 bridgehead atoms. The van der Waals surface area contributed by atoms with Gasteiger partial charge in [0, 0.05) is 10.6 Å². The van der Waals surface area contributed by atoms with Crippen LogP contribution in [0.25, 0.3) is 0 Å². The molecule has 0 saturated carbocycles. The molecule has 0 aliphatic carbocycles. The van der Waals surface area contributed by atoms with Crippen LogP contribution in [0.15, 0.2) is 59.5 Å². The van der Waals surface area contributed by atoms with Gasteiger partial charge in [-0.25, -0.2) is 0 Å². The molecular formula is C20H25NO2S. The summed E-state index contributed by atoms with van der Waals surface area (Å²) in [7, 11) is 0. The summed E-state index contributed by atoms with van der Waals surface area (Å²) in [5, 5.41) is 0. The summed E-state index contributed by atoms with van der Waals surface area (Å²) in [6, 6.07) is 17.9. The highest BCUT2D eigenvalue weighted by atomic mass is 32.2. The number of hydrogen-bond donors (Lipinski definition) is 1. The summed E-state index contributed by atoms with van der Waals surface area (Å²) >= 11 is 1.79. The predicted octanol–water partition coefficient (Wildman–Crippen LogP) is 4.19. The number of rotatable bonds is 6. The Bertz CT molecular complexity index is 648. The highest BCUT2D eigenvalue weighted by molar-refractivity contribution is 7.98. The molecule has 2 aromatic carbocycles. The van der Waals surface area contributed by atoms with Gasteiger partial charge in [0.25, 0.3) is 0 Å². The fourth-order valence-electron chi connectivity index (χ4n) is 2.18. The van der Waals surface area contributed by atoms with E-state index in [-0.39, 0.29) is 5.97 Å². The van der Waals surface area contributed by atoms with Crippen LogP contribution < -0.4 is 5.73 Å². The Balaban J connectivity index is 1.86. The lowest BCUT2D eigenvalue weighted by Crippen LogP contribution is -2.38. The fourth-order valence-corrected chi connectivity index (χ4v) is 3.03. The van der Waals surface area contributed by atoms with Crippen LogP contribution in [0.5, 0.6) is 0 Å². The van der Waals surface area contributed by atoms with Crippen LogP contribution in [0.1, 0.15) is 31.9 Å². The molecule has 0 aliphatic rings. The lowest BCUT2D eigenvalue weighted by molar-refractivity contribution is -0.156. The van der Waals surface area contributed by atoms with Crippen LogP contribution in [0.2, 0.25) is 0 Å². The number of carbonyl (C=O) groups is 1. The van der Waals surface area contributed by atoms with Crippen LogP contribution in [-0.2, 0) is 21.7 Å². The van der Waals surface area contributed by atoms with E-state index < -0.39 is 11.6 Å². The maximum Gasteiger partial charge on any atom is 0.323 e. The second-order valence-electron chi connectivity index (χ2n) is 6.76.